The lowest BCUT2D eigenvalue weighted by atomic mass is 9.94. The lowest BCUT2D eigenvalue weighted by Crippen LogP contribution is -2.27. The minimum atomic E-state index is -1.02. The van der Waals surface area contributed by atoms with Gasteiger partial charge in [-0.2, -0.15) is 4.99 Å². The predicted molar refractivity (Wildman–Crippen MR) is 77.4 cm³/mol. The van der Waals surface area contributed by atoms with E-state index in [1.54, 1.807) is 34.6 Å². The van der Waals surface area contributed by atoms with Crippen LogP contribution in [0.25, 0.3) is 0 Å². The third-order valence-electron chi connectivity index (χ3n) is 2.60. The fraction of sp³-hybridized carbons (Fsp3) is 0.467. The number of nitrogens with zero attached hydrogens (tertiary/aromatic N) is 1. The van der Waals surface area contributed by atoms with Crippen LogP contribution in [0.4, 0.5) is 14.9 Å². The molecule has 6 heteroatoms. The maximum absolute atomic E-state index is 14.1. The summed E-state index contributed by atoms with van der Waals surface area (Å²) in [7, 11) is 0. The highest BCUT2D eigenvalue weighted by Gasteiger charge is 2.24. The summed E-state index contributed by atoms with van der Waals surface area (Å²) in [5.74, 6) is -0.576. The Hall–Kier alpha value is -2.20. The Morgan fingerprint density at radius 1 is 1.29 bits per heavy atom. The quantitative estimate of drug-likeness (QED) is 0.682. The maximum Gasteiger partial charge on any atom is 0.412 e. The average molecular weight is 294 g/mol. The molecule has 0 saturated heterocycles. The van der Waals surface area contributed by atoms with Gasteiger partial charge in [0.1, 0.15) is 11.4 Å². The van der Waals surface area contributed by atoms with Crippen LogP contribution in [0.15, 0.2) is 23.2 Å². The second kappa shape index (κ2) is 6.06. The normalized spacial score (nSPS) is 11.5. The number of aliphatic imine (C=N–C) groups is 1. The van der Waals surface area contributed by atoms with Crippen molar-refractivity contribution in [2.75, 3.05) is 5.32 Å². The minimum absolute atomic E-state index is 0.237. The van der Waals surface area contributed by atoms with Crippen LogP contribution in [0.2, 0.25) is 0 Å². The van der Waals surface area contributed by atoms with Crippen LogP contribution in [-0.2, 0) is 15.1 Å². The molecule has 0 unspecified atom stereocenters. The van der Waals surface area contributed by atoms with Gasteiger partial charge in [-0.15, -0.1) is 0 Å². The van der Waals surface area contributed by atoms with Gasteiger partial charge in [-0.3, -0.25) is 5.32 Å². The van der Waals surface area contributed by atoms with E-state index in [-0.39, 0.29) is 11.3 Å². The largest absolute Gasteiger partial charge is 0.444 e. The van der Waals surface area contributed by atoms with E-state index in [9.17, 15) is 14.0 Å². The van der Waals surface area contributed by atoms with Crippen molar-refractivity contribution in [1.82, 2.24) is 0 Å². The number of hydrogen-bond donors (Lipinski definition) is 1. The second-order valence-electron chi connectivity index (χ2n) is 6.08. The summed E-state index contributed by atoms with van der Waals surface area (Å²) in [6.07, 6.45) is 0.758. The van der Waals surface area contributed by atoms with Gasteiger partial charge in [0, 0.05) is 11.3 Å². The van der Waals surface area contributed by atoms with Crippen LogP contribution in [0.3, 0.4) is 0 Å². The number of anilines is 1. The number of halogens is 1. The molecule has 0 aliphatic carbocycles. The van der Waals surface area contributed by atoms with E-state index in [0.29, 0.717) is 0 Å². The van der Waals surface area contributed by atoms with Crippen molar-refractivity contribution in [3.05, 3.63) is 29.6 Å². The molecule has 0 aliphatic rings. The SMILES string of the molecule is CC(C)(C)OC(=O)Nc1ccc(C(C)(C)N=C=O)c(F)c1. The van der Waals surface area contributed by atoms with Gasteiger partial charge < -0.3 is 4.74 Å². The van der Waals surface area contributed by atoms with Crippen molar-refractivity contribution in [3.8, 4) is 0 Å². The van der Waals surface area contributed by atoms with E-state index >= 15 is 0 Å². The molecule has 1 rings (SSSR count). The monoisotopic (exact) mass is 294 g/mol. The van der Waals surface area contributed by atoms with Crippen molar-refractivity contribution in [2.45, 2.75) is 45.8 Å². The number of amides is 1. The number of benzene rings is 1. The first-order valence-corrected chi connectivity index (χ1v) is 6.44. The molecule has 0 saturated carbocycles. The summed E-state index contributed by atoms with van der Waals surface area (Å²) < 4.78 is 19.2. The molecule has 1 N–H and O–H groups in total. The fourth-order valence-corrected chi connectivity index (χ4v) is 1.68. The molecule has 1 aromatic carbocycles. The van der Waals surface area contributed by atoms with E-state index in [2.05, 4.69) is 10.3 Å². The Morgan fingerprint density at radius 3 is 2.38 bits per heavy atom. The Bertz CT molecular complexity index is 585. The van der Waals surface area contributed by atoms with Gasteiger partial charge in [-0.25, -0.2) is 14.0 Å². The molecule has 5 nitrogen and oxygen atoms in total. The number of hydrogen-bond acceptors (Lipinski definition) is 4. The summed E-state index contributed by atoms with van der Waals surface area (Å²) in [5, 5.41) is 2.44. The molecule has 0 fully saturated rings. The van der Waals surface area contributed by atoms with Crippen molar-refractivity contribution < 1.29 is 18.7 Å². The lowest BCUT2D eigenvalue weighted by molar-refractivity contribution is 0.0636. The molecule has 1 aromatic rings. The maximum atomic E-state index is 14.1. The summed E-state index contributed by atoms with van der Waals surface area (Å²) in [5.41, 5.74) is -1.16. The Labute approximate surface area is 123 Å². The molecule has 21 heavy (non-hydrogen) atoms. The van der Waals surface area contributed by atoms with Gasteiger partial charge in [0.2, 0.25) is 6.08 Å². The number of isocyanates is 1. The first-order chi connectivity index (χ1) is 9.55. The van der Waals surface area contributed by atoms with E-state index in [1.807, 2.05) is 0 Å². The number of nitrogens with one attached hydrogen (secondary N) is 1. The second-order valence-corrected chi connectivity index (χ2v) is 6.08. The van der Waals surface area contributed by atoms with Crippen LogP contribution in [0.1, 0.15) is 40.2 Å². The number of rotatable bonds is 3. The van der Waals surface area contributed by atoms with Crippen LogP contribution < -0.4 is 5.32 Å². The third kappa shape index (κ3) is 5.00. The summed E-state index contributed by atoms with van der Waals surface area (Å²) >= 11 is 0. The highest BCUT2D eigenvalue weighted by Crippen LogP contribution is 2.28. The van der Waals surface area contributed by atoms with E-state index in [1.165, 1.54) is 18.2 Å². The van der Waals surface area contributed by atoms with Crippen LogP contribution in [-0.4, -0.2) is 17.8 Å². The van der Waals surface area contributed by atoms with Crippen molar-refractivity contribution >= 4 is 17.9 Å². The molecule has 0 radical (unpaired) electrons. The smallest absolute Gasteiger partial charge is 0.412 e. The van der Waals surface area contributed by atoms with Crippen LogP contribution in [0, 0.1) is 5.82 Å². The van der Waals surface area contributed by atoms with Crippen molar-refractivity contribution in [2.24, 2.45) is 4.99 Å². The summed E-state index contributed by atoms with van der Waals surface area (Å²) in [4.78, 5) is 25.5. The van der Waals surface area contributed by atoms with Crippen molar-refractivity contribution in [3.63, 3.8) is 0 Å². The van der Waals surface area contributed by atoms with E-state index < -0.39 is 23.1 Å². The zero-order chi connectivity index (χ0) is 16.3. The number of carbonyl (C=O) groups excluding carboxylic acids is 2. The van der Waals surface area contributed by atoms with Gasteiger partial charge in [0.25, 0.3) is 0 Å². The van der Waals surface area contributed by atoms with Gasteiger partial charge in [0.05, 0.1) is 5.54 Å². The fourth-order valence-electron chi connectivity index (χ4n) is 1.68. The predicted octanol–water partition coefficient (Wildman–Crippen LogP) is 3.74. The Morgan fingerprint density at radius 2 is 1.90 bits per heavy atom. The Balaban J connectivity index is 2.93. The molecule has 0 bridgehead atoms. The number of carbonyl (C=O) groups is 1. The first-order valence-electron chi connectivity index (χ1n) is 6.44. The zero-order valence-electron chi connectivity index (χ0n) is 12.8. The molecule has 0 aliphatic heterocycles. The molecule has 0 heterocycles. The van der Waals surface area contributed by atoms with Gasteiger partial charge >= 0.3 is 6.09 Å². The Kier molecular flexibility index (Phi) is 4.86. The van der Waals surface area contributed by atoms with Crippen molar-refractivity contribution in [1.29, 1.82) is 0 Å². The topological polar surface area (TPSA) is 67.8 Å². The lowest BCUT2D eigenvalue weighted by Gasteiger charge is -2.21. The average Bonchev–Trinajstić information content (AvgIpc) is 2.25. The summed E-state index contributed by atoms with van der Waals surface area (Å²) in [6, 6.07) is 4.13. The van der Waals surface area contributed by atoms with Gasteiger partial charge in [-0.05, 0) is 46.8 Å². The highest BCUT2D eigenvalue weighted by molar-refractivity contribution is 5.84. The molecule has 0 spiro atoms. The molecular formula is C15H19FN2O3. The first kappa shape index (κ1) is 16.9. The van der Waals surface area contributed by atoms with E-state index in [4.69, 9.17) is 4.74 Å². The standard InChI is InChI=1S/C15H19FN2O3/c1-14(2,3)21-13(20)18-10-6-7-11(12(16)8-10)15(4,5)17-9-19/h6-8H,1-5H3,(H,18,20). The van der Waals surface area contributed by atoms with Crippen LogP contribution in [0.5, 0.6) is 0 Å². The number of ether oxygens (including phenoxy) is 1. The summed E-state index contributed by atoms with van der Waals surface area (Å²) in [6.45, 7) is 8.39. The molecular weight excluding hydrogens is 275 g/mol. The third-order valence-corrected chi connectivity index (χ3v) is 2.60. The highest BCUT2D eigenvalue weighted by atomic mass is 19.1. The van der Waals surface area contributed by atoms with Crippen LogP contribution >= 0.6 is 0 Å². The van der Waals surface area contributed by atoms with Gasteiger partial charge in [0.15, 0.2) is 0 Å². The van der Waals surface area contributed by atoms with Gasteiger partial charge in [-0.1, -0.05) is 6.07 Å². The minimum Gasteiger partial charge on any atom is -0.444 e. The molecule has 1 amide bonds. The zero-order valence-corrected chi connectivity index (χ0v) is 12.8. The molecule has 114 valence electrons. The molecule has 0 atom stereocenters. The van der Waals surface area contributed by atoms with E-state index in [0.717, 1.165) is 6.07 Å². The molecule has 0 aromatic heterocycles.